The van der Waals surface area contributed by atoms with Crippen molar-refractivity contribution in [2.24, 2.45) is 0 Å². The second-order valence-corrected chi connectivity index (χ2v) is 10.3. The number of carbonyl (C=O) groups is 1. The van der Waals surface area contributed by atoms with Crippen LogP contribution in [0.5, 0.6) is 5.75 Å². The first-order valence-corrected chi connectivity index (χ1v) is 12.9. The highest BCUT2D eigenvalue weighted by atomic mass is 32.2. The van der Waals surface area contributed by atoms with Crippen molar-refractivity contribution < 1.29 is 17.4 Å². The molecule has 0 spiro atoms. The Morgan fingerprint density at radius 2 is 1.62 bits per heavy atom. The largest absolute Gasteiger partial charge is 0.378 e. The first kappa shape index (κ1) is 23.8. The smallest absolute Gasteiger partial charge is 0.339 e. The number of hydrogen-bond donors (Lipinski definition) is 0. The van der Waals surface area contributed by atoms with E-state index in [1.165, 1.54) is 12.1 Å². The molecule has 2 heterocycles. The lowest BCUT2D eigenvalue weighted by Crippen LogP contribution is -2.13. The van der Waals surface area contributed by atoms with Gasteiger partial charge >= 0.3 is 10.1 Å². The van der Waals surface area contributed by atoms with Crippen molar-refractivity contribution in [1.82, 2.24) is 4.40 Å². The standard InChI is InChI=1S/C28H29NO4S/c1-5-6-9-22-18-24-10-7-8-15-29(24)26(22)27(30)23-16-20(3)28(21(4)17-23)33-34(31,32)25-13-11-19(2)12-14-25/h7-8,10-18H,5-6,9H2,1-4H3. The van der Waals surface area contributed by atoms with Gasteiger partial charge in [0.2, 0.25) is 5.78 Å². The van der Waals surface area contributed by atoms with E-state index in [2.05, 4.69) is 13.0 Å². The summed E-state index contributed by atoms with van der Waals surface area (Å²) >= 11 is 0. The van der Waals surface area contributed by atoms with Gasteiger partial charge in [0.25, 0.3) is 0 Å². The third-order valence-electron chi connectivity index (χ3n) is 6.00. The highest BCUT2D eigenvalue weighted by Gasteiger charge is 2.23. The summed E-state index contributed by atoms with van der Waals surface area (Å²) in [5.41, 5.74) is 5.32. The molecule has 34 heavy (non-hydrogen) atoms. The van der Waals surface area contributed by atoms with E-state index in [1.807, 2.05) is 35.7 Å². The van der Waals surface area contributed by atoms with Crippen molar-refractivity contribution in [3.05, 3.63) is 100 Å². The first-order valence-electron chi connectivity index (χ1n) is 11.5. The van der Waals surface area contributed by atoms with E-state index in [1.54, 1.807) is 38.1 Å². The molecule has 176 valence electrons. The number of pyridine rings is 1. The highest BCUT2D eigenvalue weighted by Crippen LogP contribution is 2.30. The zero-order valence-electron chi connectivity index (χ0n) is 20.0. The van der Waals surface area contributed by atoms with Gasteiger partial charge in [0.15, 0.2) is 0 Å². The minimum atomic E-state index is -3.99. The summed E-state index contributed by atoms with van der Waals surface area (Å²) in [4.78, 5) is 13.8. The van der Waals surface area contributed by atoms with Gasteiger partial charge in [0, 0.05) is 17.3 Å². The molecule has 0 bridgehead atoms. The zero-order chi connectivity index (χ0) is 24.5. The first-order chi connectivity index (χ1) is 16.2. The van der Waals surface area contributed by atoms with Gasteiger partial charge in [-0.25, -0.2) is 0 Å². The van der Waals surface area contributed by atoms with E-state index in [0.717, 1.165) is 35.9 Å². The second kappa shape index (κ2) is 9.47. The van der Waals surface area contributed by atoms with E-state index in [0.29, 0.717) is 22.4 Å². The van der Waals surface area contributed by atoms with E-state index >= 15 is 0 Å². The van der Waals surface area contributed by atoms with Crippen LogP contribution in [0.4, 0.5) is 0 Å². The van der Waals surface area contributed by atoms with Crippen LogP contribution in [0.2, 0.25) is 0 Å². The molecule has 0 saturated heterocycles. The normalized spacial score (nSPS) is 11.6. The molecule has 0 amide bonds. The Bertz CT molecular complexity index is 1440. The van der Waals surface area contributed by atoms with Crippen LogP contribution < -0.4 is 4.18 Å². The van der Waals surface area contributed by atoms with Gasteiger partial charge in [0.1, 0.15) is 10.6 Å². The van der Waals surface area contributed by atoms with Gasteiger partial charge in [0.05, 0.1) is 5.69 Å². The zero-order valence-corrected chi connectivity index (χ0v) is 20.8. The summed E-state index contributed by atoms with van der Waals surface area (Å²) in [5, 5.41) is 0. The molecule has 0 radical (unpaired) electrons. The Morgan fingerprint density at radius 1 is 0.941 bits per heavy atom. The summed E-state index contributed by atoms with van der Waals surface area (Å²) in [6.07, 6.45) is 4.77. The maximum Gasteiger partial charge on any atom is 0.339 e. The van der Waals surface area contributed by atoms with Crippen molar-refractivity contribution in [2.75, 3.05) is 0 Å². The molecule has 4 rings (SSSR count). The van der Waals surface area contributed by atoms with Crippen molar-refractivity contribution in [2.45, 2.75) is 51.9 Å². The average Bonchev–Trinajstić information content (AvgIpc) is 3.18. The molecule has 0 N–H and O–H groups in total. The highest BCUT2D eigenvalue weighted by molar-refractivity contribution is 7.87. The van der Waals surface area contributed by atoms with Crippen LogP contribution in [-0.2, 0) is 16.5 Å². The van der Waals surface area contributed by atoms with E-state index in [4.69, 9.17) is 4.18 Å². The Balaban J connectivity index is 1.71. The molecule has 0 fully saturated rings. The summed E-state index contributed by atoms with van der Waals surface area (Å²) in [6.45, 7) is 7.55. The molecule has 0 unspecified atom stereocenters. The van der Waals surface area contributed by atoms with Crippen molar-refractivity contribution in [3.63, 3.8) is 0 Å². The number of benzene rings is 2. The van der Waals surface area contributed by atoms with Crippen LogP contribution in [0.25, 0.3) is 5.52 Å². The number of carbonyl (C=O) groups excluding carboxylic acids is 1. The lowest BCUT2D eigenvalue weighted by Gasteiger charge is -2.14. The predicted molar refractivity (Wildman–Crippen MR) is 134 cm³/mol. The van der Waals surface area contributed by atoms with E-state index in [9.17, 15) is 13.2 Å². The minimum Gasteiger partial charge on any atom is -0.378 e. The third kappa shape index (κ3) is 4.64. The number of ketones is 1. The molecule has 0 aliphatic heterocycles. The number of hydrogen-bond acceptors (Lipinski definition) is 4. The fourth-order valence-electron chi connectivity index (χ4n) is 4.20. The lowest BCUT2D eigenvalue weighted by molar-refractivity contribution is 0.103. The summed E-state index contributed by atoms with van der Waals surface area (Å²) in [5.74, 6) is 0.166. The van der Waals surface area contributed by atoms with Gasteiger partial charge in [-0.15, -0.1) is 0 Å². The molecule has 0 saturated carbocycles. The molecule has 6 heteroatoms. The molecule has 2 aromatic heterocycles. The van der Waals surface area contributed by atoms with Gasteiger partial charge in [-0.3, -0.25) is 4.79 Å². The van der Waals surface area contributed by atoms with Gasteiger partial charge in [-0.05, 0) is 92.8 Å². The number of nitrogens with zero attached hydrogens (tertiary/aromatic N) is 1. The Morgan fingerprint density at radius 3 is 2.26 bits per heavy atom. The second-order valence-electron chi connectivity index (χ2n) is 8.74. The van der Waals surface area contributed by atoms with Gasteiger partial charge in [-0.1, -0.05) is 37.1 Å². The molecule has 0 aliphatic carbocycles. The number of rotatable bonds is 8. The molecule has 2 aromatic carbocycles. The average molecular weight is 476 g/mol. The van der Waals surface area contributed by atoms with E-state index in [-0.39, 0.29) is 16.4 Å². The van der Waals surface area contributed by atoms with Crippen LogP contribution in [0.3, 0.4) is 0 Å². The summed E-state index contributed by atoms with van der Waals surface area (Å²) in [7, 11) is -3.99. The number of aryl methyl sites for hydroxylation is 4. The van der Waals surface area contributed by atoms with Crippen molar-refractivity contribution >= 4 is 21.4 Å². The number of unbranched alkanes of at least 4 members (excludes halogenated alkanes) is 1. The number of aromatic nitrogens is 1. The molecule has 5 nitrogen and oxygen atoms in total. The molecule has 0 aliphatic rings. The van der Waals surface area contributed by atoms with Gasteiger partial charge < -0.3 is 8.58 Å². The Kier molecular flexibility index (Phi) is 6.62. The number of fused-ring (bicyclic) bond motifs is 1. The molecule has 4 aromatic rings. The quantitative estimate of drug-likeness (QED) is 0.225. The fraction of sp³-hybridized carbons (Fsp3) is 0.250. The molecular weight excluding hydrogens is 446 g/mol. The predicted octanol–water partition coefficient (Wildman–Crippen LogP) is 6.21. The fourth-order valence-corrected chi connectivity index (χ4v) is 5.25. The SMILES string of the molecule is CCCCc1cc2ccccn2c1C(=O)c1cc(C)c(OS(=O)(=O)c2ccc(C)cc2)c(C)c1. The maximum atomic E-state index is 13.7. The topological polar surface area (TPSA) is 64.8 Å². The third-order valence-corrected chi connectivity index (χ3v) is 7.23. The van der Waals surface area contributed by atoms with Crippen LogP contribution >= 0.6 is 0 Å². The van der Waals surface area contributed by atoms with Crippen molar-refractivity contribution in [1.29, 1.82) is 0 Å². The Hall–Kier alpha value is -3.38. The van der Waals surface area contributed by atoms with Crippen LogP contribution in [0.15, 0.2) is 71.8 Å². The van der Waals surface area contributed by atoms with Gasteiger partial charge in [-0.2, -0.15) is 8.42 Å². The monoisotopic (exact) mass is 475 g/mol. The molecule has 0 atom stereocenters. The van der Waals surface area contributed by atoms with Crippen molar-refractivity contribution in [3.8, 4) is 5.75 Å². The van der Waals surface area contributed by atoms with E-state index < -0.39 is 10.1 Å². The van der Waals surface area contributed by atoms with Crippen LogP contribution in [-0.4, -0.2) is 18.6 Å². The summed E-state index contributed by atoms with van der Waals surface area (Å²) < 4.78 is 33.1. The molecular formula is C28H29NO4S. The minimum absolute atomic E-state index is 0.0866. The van der Waals surface area contributed by atoms with Crippen LogP contribution in [0.1, 0.15) is 58.1 Å². The lowest BCUT2D eigenvalue weighted by atomic mass is 9.98. The van der Waals surface area contributed by atoms with Crippen LogP contribution in [0, 0.1) is 20.8 Å². The summed E-state index contributed by atoms with van der Waals surface area (Å²) in [6, 6.07) is 17.9. The maximum absolute atomic E-state index is 13.7. The Labute approximate surface area is 201 Å².